The van der Waals surface area contributed by atoms with E-state index in [0.29, 0.717) is 5.69 Å². The van der Waals surface area contributed by atoms with Gasteiger partial charge in [-0.05, 0) is 56.5 Å². The van der Waals surface area contributed by atoms with Gasteiger partial charge in [-0.1, -0.05) is 13.3 Å². The zero-order chi connectivity index (χ0) is 14.5. The quantitative estimate of drug-likeness (QED) is 0.812. The van der Waals surface area contributed by atoms with Crippen molar-refractivity contribution < 1.29 is 4.79 Å². The van der Waals surface area contributed by atoms with E-state index in [-0.39, 0.29) is 11.9 Å². The van der Waals surface area contributed by atoms with Gasteiger partial charge in [-0.15, -0.1) is 0 Å². The van der Waals surface area contributed by atoms with E-state index >= 15 is 0 Å². The molecule has 20 heavy (non-hydrogen) atoms. The molecule has 0 aliphatic carbocycles. The maximum Gasteiger partial charge on any atom is 0.241 e. The number of anilines is 2. The second kappa shape index (κ2) is 6.75. The van der Waals surface area contributed by atoms with Crippen LogP contribution in [0.1, 0.15) is 33.1 Å². The Hall–Kier alpha value is -1.55. The van der Waals surface area contributed by atoms with Crippen molar-refractivity contribution in [1.82, 2.24) is 4.90 Å². The number of hydrogen-bond acceptors (Lipinski definition) is 3. The lowest BCUT2D eigenvalue weighted by Gasteiger charge is -2.23. The third kappa shape index (κ3) is 3.73. The summed E-state index contributed by atoms with van der Waals surface area (Å²) in [7, 11) is 0. The van der Waals surface area contributed by atoms with E-state index in [1.54, 1.807) is 12.1 Å². The topological polar surface area (TPSA) is 58.4 Å². The van der Waals surface area contributed by atoms with Crippen molar-refractivity contribution >= 4 is 17.3 Å². The molecule has 2 atom stereocenters. The van der Waals surface area contributed by atoms with Crippen LogP contribution in [0.5, 0.6) is 0 Å². The number of likely N-dealkylation sites (tertiary alicyclic amines) is 1. The molecule has 4 nitrogen and oxygen atoms in total. The number of amides is 1. The Kier molecular flexibility index (Phi) is 5.01. The Bertz CT molecular complexity index is 444. The van der Waals surface area contributed by atoms with Gasteiger partial charge in [0.05, 0.1) is 6.04 Å². The highest BCUT2D eigenvalue weighted by Gasteiger charge is 2.28. The summed E-state index contributed by atoms with van der Waals surface area (Å²) in [6, 6.07) is 7.20. The number of nitrogens with two attached hydrogens (primary N) is 1. The molecule has 1 aliphatic heterocycles. The van der Waals surface area contributed by atoms with E-state index < -0.39 is 0 Å². The molecule has 1 aromatic rings. The van der Waals surface area contributed by atoms with Gasteiger partial charge in [0, 0.05) is 17.9 Å². The van der Waals surface area contributed by atoms with E-state index in [1.165, 1.54) is 19.3 Å². The molecular formula is C16H25N3O. The fourth-order valence-electron chi connectivity index (χ4n) is 2.84. The molecule has 1 saturated heterocycles. The maximum atomic E-state index is 12.3. The highest BCUT2D eigenvalue weighted by atomic mass is 16.2. The van der Waals surface area contributed by atoms with Gasteiger partial charge in [0.25, 0.3) is 0 Å². The molecule has 0 saturated carbocycles. The van der Waals surface area contributed by atoms with Crippen LogP contribution in [0, 0.1) is 5.92 Å². The summed E-state index contributed by atoms with van der Waals surface area (Å²) in [5.41, 5.74) is 7.15. The van der Waals surface area contributed by atoms with Gasteiger partial charge in [0.1, 0.15) is 0 Å². The third-order valence-electron chi connectivity index (χ3n) is 4.12. The summed E-state index contributed by atoms with van der Waals surface area (Å²) in [4.78, 5) is 14.5. The lowest BCUT2D eigenvalue weighted by atomic mass is 10.0. The van der Waals surface area contributed by atoms with Gasteiger partial charge in [-0.2, -0.15) is 0 Å². The van der Waals surface area contributed by atoms with Crippen LogP contribution in [-0.4, -0.2) is 29.9 Å². The molecule has 0 bridgehead atoms. The molecule has 1 fully saturated rings. The van der Waals surface area contributed by atoms with Crippen LogP contribution in [-0.2, 0) is 4.79 Å². The largest absolute Gasteiger partial charge is 0.399 e. The SMILES string of the molecule is CCCC1CCN(C(C)C(=O)Nc2ccc(N)cc2)C1. The first-order valence-electron chi connectivity index (χ1n) is 7.50. The van der Waals surface area contributed by atoms with E-state index in [4.69, 9.17) is 5.73 Å². The summed E-state index contributed by atoms with van der Waals surface area (Å²) in [6.07, 6.45) is 3.71. The first kappa shape index (κ1) is 14.9. The number of hydrogen-bond donors (Lipinski definition) is 2. The summed E-state index contributed by atoms with van der Waals surface area (Å²) < 4.78 is 0. The van der Waals surface area contributed by atoms with Crippen LogP contribution in [0.2, 0.25) is 0 Å². The van der Waals surface area contributed by atoms with Gasteiger partial charge >= 0.3 is 0 Å². The van der Waals surface area contributed by atoms with Crippen molar-refractivity contribution in [3.8, 4) is 0 Å². The molecule has 2 rings (SSSR count). The van der Waals surface area contributed by atoms with Gasteiger partial charge in [0.2, 0.25) is 5.91 Å². The van der Waals surface area contributed by atoms with Gasteiger partial charge in [-0.25, -0.2) is 0 Å². The number of nitrogens with zero attached hydrogens (tertiary/aromatic N) is 1. The number of benzene rings is 1. The lowest BCUT2D eigenvalue weighted by molar-refractivity contribution is -0.120. The van der Waals surface area contributed by atoms with Gasteiger partial charge in [-0.3, -0.25) is 9.69 Å². The Morgan fingerprint density at radius 3 is 2.80 bits per heavy atom. The standard InChI is InChI=1S/C16H25N3O/c1-3-4-13-9-10-19(11-13)12(2)16(20)18-15-7-5-14(17)6-8-15/h5-8,12-13H,3-4,9-11,17H2,1-2H3,(H,18,20). The number of carbonyl (C=O) groups is 1. The molecular weight excluding hydrogens is 250 g/mol. The average molecular weight is 275 g/mol. The summed E-state index contributed by atoms with van der Waals surface area (Å²) in [6.45, 7) is 6.28. The lowest BCUT2D eigenvalue weighted by Crippen LogP contribution is -2.40. The normalized spacial score (nSPS) is 20.8. The molecule has 0 radical (unpaired) electrons. The minimum absolute atomic E-state index is 0.0620. The van der Waals surface area contributed by atoms with Crippen molar-refractivity contribution in [3.63, 3.8) is 0 Å². The Labute approximate surface area is 121 Å². The smallest absolute Gasteiger partial charge is 0.241 e. The molecule has 0 spiro atoms. The number of nitrogen functional groups attached to an aromatic ring is 1. The van der Waals surface area contributed by atoms with Crippen LogP contribution in [0.3, 0.4) is 0 Å². The first-order valence-corrected chi connectivity index (χ1v) is 7.50. The monoisotopic (exact) mass is 275 g/mol. The predicted octanol–water partition coefficient (Wildman–Crippen LogP) is 2.72. The van der Waals surface area contributed by atoms with Crippen molar-refractivity contribution in [1.29, 1.82) is 0 Å². The predicted molar refractivity (Wildman–Crippen MR) is 83.5 cm³/mol. The van der Waals surface area contributed by atoms with E-state index in [2.05, 4.69) is 17.1 Å². The Morgan fingerprint density at radius 2 is 2.15 bits per heavy atom. The van der Waals surface area contributed by atoms with Crippen molar-refractivity contribution in [2.45, 2.75) is 39.2 Å². The third-order valence-corrected chi connectivity index (χ3v) is 4.12. The zero-order valence-corrected chi connectivity index (χ0v) is 12.4. The molecule has 3 N–H and O–H groups in total. The van der Waals surface area contributed by atoms with E-state index in [1.807, 2.05) is 19.1 Å². The molecule has 2 unspecified atom stereocenters. The minimum Gasteiger partial charge on any atom is -0.399 e. The van der Waals surface area contributed by atoms with Crippen LogP contribution in [0.25, 0.3) is 0 Å². The van der Waals surface area contributed by atoms with Crippen molar-refractivity contribution in [2.24, 2.45) is 5.92 Å². The maximum absolute atomic E-state index is 12.3. The number of nitrogens with one attached hydrogen (secondary N) is 1. The minimum atomic E-state index is -0.0746. The summed E-state index contributed by atoms with van der Waals surface area (Å²) in [5.74, 6) is 0.818. The summed E-state index contributed by atoms with van der Waals surface area (Å²) in [5, 5.41) is 2.96. The number of carbonyl (C=O) groups excluding carboxylic acids is 1. The van der Waals surface area contributed by atoms with E-state index in [9.17, 15) is 4.79 Å². The molecule has 1 aliphatic rings. The second-order valence-electron chi connectivity index (χ2n) is 5.73. The Morgan fingerprint density at radius 1 is 1.45 bits per heavy atom. The fourth-order valence-corrected chi connectivity index (χ4v) is 2.84. The fraction of sp³-hybridized carbons (Fsp3) is 0.562. The highest BCUT2D eigenvalue weighted by Crippen LogP contribution is 2.23. The van der Waals surface area contributed by atoms with Crippen molar-refractivity contribution in [2.75, 3.05) is 24.1 Å². The van der Waals surface area contributed by atoms with Crippen LogP contribution < -0.4 is 11.1 Å². The number of rotatable bonds is 5. The average Bonchev–Trinajstić information content (AvgIpc) is 2.89. The highest BCUT2D eigenvalue weighted by molar-refractivity contribution is 5.94. The van der Waals surface area contributed by atoms with E-state index in [0.717, 1.165) is 24.7 Å². The van der Waals surface area contributed by atoms with Crippen molar-refractivity contribution in [3.05, 3.63) is 24.3 Å². The van der Waals surface area contributed by atoms with Crippen LogP contribution >= 0.6 is 0 Å². The zero-order valence-electron chi connectivity index (χ0n) is 12.4. The molecule has 0 aromatic heterocycles. The molecule has 4 heteroatoms. The molecule has 1 aromatic carbocycles. The van der Waals surface area contributed by atoms with Crippen LogP contribution in [0.4, 0.5) is 11.4 Å². The molecule has 1 amide bonds. The molecule has 110 valence electrons. The molecule has 1 heterocycles. The second-order valence-corrected chi connectivity index (χ2v) is 5.73. The van der Waals surface area contributed by atoms with Crippen LogP contribution in [0.15, 0.2) is 24.3 Å². The van der Waals surface area contributed by atoms with Gasteiger partial charge < -0.3 is 11.1 Å². The van der Waals surface area contributed by atoms with Gasteiger partial charge in [0.15, 0.2) is 0 Å². The Balaban J connectivity index is 1.87. The first-order chi connectivity index (χ1) is 9.60. The summed E-state index contributed by atoms with van der Waals surface area (Å²) >= 11 is 0.